The van der Waals surface area contributed by atoms with E-state index in [2.05, 4.69) is 29.8 Å². The first kappa shape index (κ1) is 25.9. The fraction of sp³-hybridized carbons (Fsp3) is 0.667. The van der Waals surface area contributed by atoms with Crippen LogP contribution in [0.5, 0.6) is 0 Å². The van der Waals surface area contributed by atoms with Gasteiger partial charge in [-0.3, -0.25) is 9.59 Å². The molecule has 3 fully saturated rings. The van der Waals surface area contributed by atoms with Crippen LogP contribution in [-0.4, -0.2) is 44.6 Å². The smallest absolute Gasteiger partial charge is 0.225 e. The molecule has 0 bridgehead atoms. The standard InChI is InChI=1S/C30H43N5O2/c1-19(2)13-22-15-23(16-22)29-32-33-30(35(29)25-8-9-25)24(18-28(37)34-11-5-6-12-34)17-27(36)31-26-10-7-20(3)14-21(26)4/h7,10,14,19,22-25H,5-6,8-9,11-13,15-18H2,1-4H3,(H,31,36). The number of aryl methyl sites for hydroxylation is 2. The molecular weight excluding hydrogens is 462 g/mol. The van der Waals surface area contributed by atoms with Gasteiger partial charge in [-0.25, -0.2) is 0 Å². The fourth-order valence-electron chi connectivity index (χ4n) is 6.33. The molecule has 0 radical (unpaired) electrons. The number of hydrogen-bond donors (Lipinski definition) is 1. The molecule has 2 saturated carbocycles. The summed E-state index contributed by atoms with van der Waals surface area (Å²) in [6.07, 6.45) is 8.54. The molecule has 2 aliphatic carbocycles. The van der Waals surface area contributed by atoms with E-state index in [1.807, 2.05) is 30.9 Å². The number of carbonyl (C=O) groups is 2. The van der Waals surface area contributed by atoms with E-state index in [4.69, 9.17) is 10.2 Å². The number of hydrogen-bond acceptors (Lipinski definition) is 4. The SMILES string of the molecule is Cc1ccc(NC(=O)CC(CC(=O)N2CCCC2)c2nnc(C3CC(CC(C)C)C3)n2C2CC2)c(C)c1. The largest absolute Gasteiger partial charge is 0.343 e. The first-order chi connectivity index (χ1) is 17.8. The lowest BCUT2D eigenvalue weighted by Gasteiger charge is -2.36. The van der Waals surface area contributed by atoms with Gasteiger partial charge in [-0.05, 0) is 82.3 Å². The minimum absolute atomic E-state index is 0.0706. The molecule has 2 amide bonds. The van der Waals surface area contributed by atoms with Crippen molar-refractivity contribution < 1.29 is 9.59 Å². The minimum atomic E-state index is -0.271. The highest BCUT2D eigenvalue weighted by atomic mass is 16.2. The maximum atomic E-state index is 13.3. The van der Waals surface area contributed by atoms with Gasteiger partial charge in [0.05, 0.1) is 0 Å². The number of nitrogens with zero attached hydrogens (tertiary/aromatic N) is 4. The van der Waals surface area contributed by atoms with Crippen molar-refractivity contribution in [2.45, 2.75) is 103 Å². The Morgan fingerprint density at radius 3 is 2.43 bits per heavy atom. The molecule has 37 heavy (non-hydrogen) atoms. The lowest BCUT2D eigenvalue weighted by Crippen LogP contribution is -2.31. The average molecular weight is 506 g/mol. The van der Waals surface area contributed by atoms with Gasteiger partial charge >= 0.3 is 0 Å². The molecule has 1 saturated heterocycles. The normalized spacial score (nSPS) is 22.2. The van der Waals surface area contributed by atoms with Gasteiger partial charge in [0.25, 0.3) is 0 Å². The fourth-order valence-corrected chi connectivity index (χ4v) is 6.33. The van der Waals surface area contributed by atoms with Gasteiger partial charge in [-0.1, -0.05) is 31.5 Å². The Morgan fingerprint density at radius 2 is 1.78 bits per heavy atom. The number of aromatic nitrogens is 3. The van der Waals surface area contributed by atoms with Gasteiger partial charge in [-0.15, -0.1) is 10.2 Å². The Kier molecular flexibility index (Phi) is 7.68. The second kappa shape index (κ2) is 11.0. The van der Waals surface area contributed by atoms with Crippen LogP contribution in [0.15, 0.2) is 18.2 Å². The third-order valence-electron chi connectivity index (χ3n) is 8.40. The van der Waals surface area contributed by atoms with Crippen LogP contribution in [0.3, 0.4) is 0 Å². The van der Waals surface area contributed by atoms with Gasteiger partial charge in [-0.2, -0.15) is 0 Å². The van der Waals surface area contributed by atoms with E-state index in [9.17, 15) is 9.59 Å². The Morgan fingerprint density at radius 1 is 1.05 bits per heavy atom. The maximum Gasteiger partial charge on any atom is 0.225 e. The molecule has 5 rings (SSSR count). The Labute approximate surface area is 221 Å². The zero-order chi connectivity index (χ0) is 26.1. The van der Waals surface area contributed by atoms with E-state index >= 15 is 0 Å². The number of benzene rings is 1. The third-order valence-corrected chi connectivity index (χ3v) is 8.40. The Hall–Kier alpha value is -2.70. The lowest BCUT2D eigenvalue weighted by atomic mass is 9.71. The second-order valence-corrected chi connectivity index (χ2v) is 12.2. The van der Waals surface area contributed by atoms with Crippen molar-refractivity contribution in [2.24, 2.45) is 11.8 Å². The molecular formula is C30H43N5O2. The van der Waals surface area contributed by atoms with E-state index in [0.717, 1.165) is 73.5 Å². The van der Waals surface area contributed by atoms with Crippen molar-refractivity contribution >= 4 is 17.5 Å². The number of amides is 2. The molecule has 2 aromatic rings. The maximum absolute atomic E-state index is 13.3. The molecule has 1 atom stereocenters. The van der Waals surface area contributed by atoms with Crippen LogP contribution in [0.1, 0.15) is 112 Å². The summed E-state index contributed by atoms with van der Waals surface area (Å²) in [5, 5.41) is 12.5. The molecule has 3 aliphatic rings. The molecule has 1 aromatic carbocycles. The molecule has 2 heterocycles. The highest BCUT2D eigenvalue weighted by Crippen LogP contribution is 2.48. The zero-order valence-electron chi connectivity index (χ0n) is 23.0. The van der Waals surface area contributed by atoms with Crippen LogP contribution in [0, 0.1) is 25.7 Å². The first-order valence-electron chi connectivity index (χ1n) is 14.4. The molecule has 1 aliphatic heterocycles. The summed E-state index contributed by atoms with van der Waals surface area (Å²) < 4.78 is 2.34. The van der Waals surface area contributed by atoms with E-state index in [1.54, 1.807) is 0 Å². The van der Waals surface area contributed by atoms with Gasteiger partial charge in [0.1, 0.15) is 11.6 Å². The number of likely N-dealkylation sites (tertiary alicyclic amines) is 1. The van der Waals surface area contributed by atoms with Crippen molar-refractivity contribution in [3.05, 3.63) is 41.0 Å². The van der Waals surface area contributed by atoms with E-state index in [-0.39, 0.29) is 24.2 Å². The molecule has 0 spiro atoms. The Balaban J connectivity index is 1.36. The quantitative estimate of drug-likeness (QED) is 0.436. The van der Waals surface area contributed by atoms with E-state index in [1.165, 1.54) is 24.8 Å². The van der Waals surface area contributed by atoms with Gasteiger partial charge in [0.15, 0.2) is 0 Å². The van der Waals surface area contributed by atoms with Crippen molar-refractivity contribution in [3.63, 3.8) is 0 Å². The summed E-state index contributed by atoms with van der Waals surface area (Å²) in [5.41, 5.74) is 3.04. The van der Waals surface area contributed by atoms with E-state index < -0.39 is 0 Å². The van der Waals surface area contributed by atoms with Crippen molar-refractivity contribution in [1.29, 1.82) is 0 Å². The number of nitrogens with one attached hydrogen (secondary N) is 1. The zero-order valence-corrected chi connectivity index (χ0v) is 23.0. The molecule has 1 aromatic heterocycles. The Bertz CT molecular complexity index is 1120. The summed E-state index contributed by atoms with van der Waals surface area (Å²) in [6, 6.07) is 6.46. The topological polar surface area (TPSA) is 80.1 Å². The first-order valence-corrected chi connectivity index (χ1v) is 14.4. The van der Waals surface area contributed by atoms with Crippen LogP contribution in [0.4, 0.5) is 5.69 Å². The number of rotatable bonds is 10. The van der Waals surface area contributed by atoms with Gasteiger partial charge < -0.3 is 14.8 Å². The van der Waals surface area contributed by atoms with Crippen molar-refractivity contribution in [3.8, 4) is 0 Å². The number of anilines is 1. The lowest BCUT2D eigenvalue weighted by molar-refractivity contribution is -0.130. The van der Waals surface area contributed by atoms with Gasteiger partial charge in [0.2, 0.25) is 11.8 Å². The second-order valence-electron chi connectivity index (χ2n) is 12.2. The summed E-state index contributed by atoms with van der Waals surface area (Å²) in [7, 11) is 0. The molecule has 1 unspecified atom stereocenters. The summed E-state index contributed by atoms with van der Waals surface area (Å²) in [4.78, 5) is 28.5. The van der Waals surface area contributed by atoms with Crippen LogP contribution < -0.4 is 5.32 Å². The third kappa shape index (κ3) is 6.07. The summed E-state index contributed by atoms with van der Waals surface area (Å²) in [6.45, 7) is 10.3. The highest BCUT2D eigenvalue weighted by Gasteiger charge is 2.40. The summed E-state index contributed by atoms with van der Waals surface area (Å²) >= 11 is 0. The minimum Gasteiger partial charge on any atom is -0.343 e. The average Bonchev–Trinajstić information content (AvgIpc) is 3.32. The predicted octanol–water partition coefficient (Wildman–Crippen LogP) is 5.89. The van der Waals surface area contributed by atoms with Crippen molar-refractivity contribution in [2.75, 3.05) is 18.4 Å². The van der Waals surface area contributed by atoms with E-state index in [0.29, 0.717) is 18.4 Å². The van der Waals surface area contributed by atoms with Crippen molar-refractivity contribution in [1.82, 2.24) is 19.7 Å². The van der Waals surface area contributed by atoms with Crippen LogP contribution >= 0.6 is 0 Å². The van der Waals surface area contributed by atoms with Crippen LogP contribution in [-0.2, 0) is 9.59 Å². The van der Waals surface area contributed by atoms with Crippen LogP contribution in [0.25, 0.3) is 0 Å². The monoisotopic (exact) mass is 505 g/mol. The van der Waals surface area contributed by atoms with Crippen LogP contribution in [0.2, 0.25) is 0 Å². The predicted molar refractivity (Wildman–Crippen MR) is 146 cm³/mol. The molecule has 200 valence electrons. The van der Waals surface area contributed by atoms with Gasteiger partial charge in [0, 0.05) is 49.5 Å². The summed E-state index contributed by atoms with van der Waals surface area (Å²) in [5.74, 6) is 3.66. The molecule has 7 heteroatoms. The molecule has 1 N–H and O–H groups in total. The molecule has 7 nitrogen and oxygen atoms in total. The highest BCUT2D eigenvalue weighted by molar-refractivity contribution is 5.92. The number of carbonyl (C=O) groups excluding carboxylic acids is 2.